The largest absolute Gasteiger partial charge is 0.398 e. The Hall–Kier alpha value is -1.14. The number of hydrogen-bond donors (Lipinski definition) is 1. The number of nitrogen functional groups attached to an aromatic ring is 1. The fourth-order valence-corrected chi connectivity index (χ4v) is 1.88. The minimum atomic E-state index is 0.557. The fraction of sp³-hybridized carbons (Fsp3) is 0.364. The Morgan fingerprint density at radius 1 is 1.50 bits per heavy atom. The third-order valence-electron chi connectivity index (χ3n) is 1.73. The molecule has 1 aromatic rings. The zero-order chi connectivity index (χ0) is 10.6. The first kappa shape index (κ1) is 10.9. The molecule has 0 aromatic heterocycles. The molecule has 0 heterocycles. The van der Waals surface area contributed by atoms with E-state index in [-0.39, 0.29) is 0 Å². The quantitative estimate of drug-likeness (QED) is 0.611. The van der Waals surface area contributed by atoms with Crippen LogP contribution in [0.5, 0.6) is 0 Å². The Bertz CT molecular complexity index is 353. The minimum Gasteiger partial charge on any atom is -0.398 e. The highest BCUT2D eigenvalue weighted by molar-refractivity contribution is 7.99. The molecule has 0 aliphatic carbocycles. The molecular weight excluding hydrogens is 192 g/mol. The number of anilines is 1. The maximum atomic E-state index is 8.78. The highest BCUT2D eigenvalue weighted by atomic mass is 32.2. The van der Waals surface area contributed by atoms with Gasteiger partial charge in [0, 0.05) is 16.3 Å². The van der Waals surface area contributed by atoms with Crippen LogP contribution in [0.15, 0.2) is 23.1 Å². The molecule has 1 rings (SSSR count). The number of benzene rings is 1. The zero-order valence-corrected chi connectivity index (χ0v) is 9.27. The third kappa shape index (κ3) is 2.97. The van der Waals surface area contributed by atoms with Crippen molar-refractivity contribution in [1.82, 2.24) is 0 Å². The van der Waals surface area contributed by atoms with Crippen molar-refractivity contribution in [3.63, 3.8) is 0 Å². The van der Waals surface area contributed by atoms with Crippen LogP contribution in [0.3, 0.4) is 0 Å². The molecule has 0 unspecified atom stereocenters. The minimum absolute atomic E-state index is 0.557. The van der Waals surface area contributed by atoms with Gasteiger partial charge in [-0.2, -0.15) is 5.26 Å². The Kier molecular flexibility index (Phi) is 3.84. The first-order valence-electron chi connectivity index (χ1n) is 4.56. The van der Waals surface area contributed by atoms with Gasteiger partial charge >= 0.3 is 0 Å². The number of hydrogen-bond acceptors (Lipinski definition) is 3. The standard InChI is InChI=1S/C11H14N2S/c1-8(2)7-14-10-3-4-11(13)9(5-10)6-12/h3-5,8H,7,13H2,1-2H3. The van der Waals surface area contributed by atoms with Gasteiger partial charge in [-0.05, 0) is 24.1 Å². The van der Waals surface area contributed by atoms with Crippen LogP contribution in [-0.4, -0.2) is 5.75 Å². The molecule has 0 amide bonds. The second-order valence-corrected chi connectivity index (χ2v) is 4.66. The highest BCUT2D eigenvalue weighted by Crippen LogP contribution is 2.24. The molecule has 14 heavy (non-hydrogen) atoms. The lowest BCUT2D eigenvalue weighted by Crippen LogP contribution is -1.92. The van der Waals surface area contributed by atoms with Gasteiger partial charge in [0.25, 0.3) is 0 Å². The molecule has 0 bridgehead atoms. The summed E-state index contributed by atoms with van der Waals surface area (Å²) >= 11 is 1.76. The molecule has 0 saturated heterocycles. The lowest BCUT2D eigenvalue weighted by Gasteiger charge is -2.05. The van der Waals surface area contributed by atoms with Gasteiger partial charge in [0.05, 0.1) is 5.56 Å². The first-order valence-corrected chi connectivity index (χ1v) is 5.54. The summed E-state index contributed by atoms with van der Waals surface area (Å²) in [7, 11) is 0. The number of rotatable bonds is 3. The molecule has 3 heteroatoms. The van der Waals surface area contributed by atoms with Crippen LogP contribution in [0.2, 0.25) is 0 Å². The summed E-state index contributed by atoms with van der Waals surface area (Å²) in [6.45, 7) is 4.35. The smallest absolute Gasteiger partial charge is 0.101 e. The predicted molar refractivity (Wildman–Crippen MR) is 61.1 cm³/mol. The molecule has 0 saturated carbocycles. The summed E-state index contributed by atoms with van der Waals surface area (Å²) in [5.41, 5.74) is 6.75. The monoisotopic (exact) mass is 206 g/mol. The summed E-state index contributed by atoms with van der Waals surface area (Å²) in [6, 6.07) is 7.69. The SMILES string of the molecule is CC(C)CSc1ccc(N)c(C#N)c1. The van der Waals surface area contributed by atoms with Crippen molar-refractivity contribution in [2.75, 3.05) is 11.5 Å². The average molecular weight is 206 g/mol. The van der Waals surface area contributed by atoms with Gasteiger partial charge in [0.2, 0.25) is 0 Å². The second kappa shape index (κ2) is 4.92. The van der Waals surface area contributed by atoms with Crippen molar-refractivity contribution >= 4 is 17.4 Å². The van der Waals surface area contributed by atoms with Crippen LogP contribution in [0.25, 0.3) is 0 Å². The molecule has 0 aliphatic rings. The van der Waals surface area contributed by atoms with Gasteiger partial charge in [-0.3, -0.25) is 0 Å². The molecule has 0 spiro atoms. The zero-order valence-electron chi connectivity index (χ0n) is 8.45. The molecule has 0 fully saturated rings. The Morgan fingerprint density at radius 3 is 2.79 bits per heavy atom. The summed E-state index contributed by atoms with van der Waals surface area (Å²) in [6.07, 6.45) is 0. The lowest BCUT2D eigenvalue weighted by atomic mass is 10.2. The topological polar surface area (TPSA) is 49.8 Å². The van der Waals surface area contributed by atoms with E-state index in [1.165, 1.54) is 0 Å². The number of nitriles is 1. The fourth-order valence-electron chi connectivity index (χ4n) is 0.985. The van der Waals surface area contributed by atoms with Crippen molar-refractivity contribution in [2.45, 2.75) is 18.7 Å². The highest BCUT2D eigenvalue weighted by Gasteiger charge is 2.01. The summed E-state index contributed by atoms with van der Waals surface area (Å²) in [5, 5.41) is 8.78. The van der Waals surface area contributed by atoms with E-state index in [2.05, 4.69) is 19.9 Å². The van der Waals surface area contributed by atoms with Gasteiger partial charge in [-0.25, -0.2) is 0 Å². The van der Waals surface area contributed by atoms with Gasteiger partial charge in [-0.1, -0.05) is 13.8 Å². The van der Waals surface area contributed by atoms with Crippen LogP contribution in [0, 0.1) is 17.2 Å². The first-order chi connectivity index (χ1) is 6.63. The second-order valence-electron chi connectivity index (χ2n) is 3.57. The van der Waals surface area contributed by atoms with Crippen LogP contribution >= 0.6 is 11.8 Å². The summed E-state index contributed by atoms with van der Waals surface area (Å²) in [4.78, 5) is 1.12. The molecular formula is C11H14N2S. The van der Waals surface area contributed by atoms with Crippen LogP contribution in [0.4, 0.5) is 5.69 Å². The summed E-state index contributed by atoms with van der Waals surface area (Å²) < 4.78 is 0. The van der Waals surface area contributed by atoms with Crippen molar-refractivity contribution in [3.05, 3.63) is 23.8 Å². The van der Waals surface area contributed by atoms with E-state index in [4.69, 9.17) is 11.0 Å². The van der Waals surface area contributed by atoms with E-state index < -0.39 is 0 Å². The van der Waals surface area contributed by atoms with Gasteiger partial charge in [-0.15, -0.1) is 11.8 Å². The van der Waals surface area contributed by atoms with Crippen molar-refractivity contribution in [2.24, 2.45) is 5.92 Å². The normalized spacial score (nSPS) is 10.1. The number of thioether (sulfide) groups is 1. The predicted octanol–water partition coefficient (Wildman–Crippen LogP) is 2.89. The van der Waals surface area contributed by atoms with Gasteiger partial charge in [0.15, 0.2) is 0 Å². The third-order valence-corrected chi connectivity index (χ3v) is 3.15. The molecule has 0 radical (unpaired) electrons. The maximum Gasteiger partial charge on any atom is 0.101 e. The lowest BCUT2D eigenvalue weighted by molar-refractivity contribution is 0.750. The van der Waals surface area contributed by atoms with E-state index in [0.29, 0.717) is 17.2 Å². The maximum absolute atomic E-state index is 8.78. The van der Waals surface area contributed by atoms with Crippen molar-refractivity contribution < 1.29 is 0 Å². The number of nitrogens with zero attached hydrogens (tertiary/aromatic N) is 1. The van der Waals surface area contributed by atoms with E-state index in [9.17, 15) is 0 Å². The Balaban J connectivity index is 2.76. The van der Waals surface area contributed by atoms with E-state index in [1.54, 1.807) is 17.8 Å². The van der Waals surface area contributed by atoms with E-state index >= 15 is 0 Å². The van der Waals surface area contributed by atoms with Crippen molar-refractivity contribution in [3.8, 4) is 6.07 Å². The molecule has 74 valence electrons. The van der Waals surface area contributed by atoms with Crippen LogP contribution < -0.4 is 5.73 Å². The van der Waals surface area contributed by atoms with Crippen molar-refractivity contribution in [1.29, 1.82) is 5.26 Å². The summed E-state index contributed by atoms with van der Waals surface area (Å²) in [5.74, 6) is 1.72. The molecule has 2 nitrogen and oxygen atoms in total. The molecule has 0 aliphatic heterocycles. The molecule has 0 atom stereocenters. The average Bonchev–Trinajstić information content (AvgIpc) is 2.16. The molecule has 2 N–H and O–H groups in total. The Labute approximate surface area is 89.1 Å². The van der Waals surface area contributed by atoms with Crippen LogP contribution in [-0.2, 0) is 0 Å². The number of nitrogens with two attached hydrogens (primary N) is 1. The van der Waals surface area contributed by atoms with E-state index in [0.717, 1.165) is 10.6 Å². The molecule has 1 aromatic carbocycles. The van der Waals surface area contributed by atoms with Gasteiger partial charge < -0.3 is 5.73 Å². The van der Waals surface area contributed by atoms with Crippen LogP contribution in [0.1, 0.15) is 19.4 Å². The van der Waals surface area contributed by atoms with Gasteiger partial charge in [0.1, 0.15) is 6.07 Å². The Morgan fingerprint density at radius 2 is 2.21 bits per heavy atom. The van der Waals surface area contributed by atoms with E-state index in [1.807, 2.05) is 12.1 Å².